The Morgan fingerprint density at radius 3 is 2.57 bits per heavy atom. The molecule has 0 bridgehead atoms. The van der Waals surface area contributed by atoms with Gasteiger partial charge in [0.25, 0.3) is 0 Å². The van der Waals surface area contributed by atoms with E-state index in [1.54, 1.807) is 0 Å². The summed E-state index contributed by atoms with van der Waals surface area (Å²) in [6, 6.07) is 9.32. The Balaban J connectivity index is 2.83. The largest absolute Gasteiger partial charge is 0.347 e. The van der Waals surface area contributed by atoms with E-state index in [4.69, 9.17) is 17.6 Å². The van der Waals surface area contributed by atoms with Crippen molar-refractivity contribution in [3.8, 4) is 0 Å². The fraction of sp³-hybridized carbons (Fsp3) is 0.300. The van der Waals surface area contributed by atoms with Crippen LogP contribution in [0.2, 0.25) is 0 Å². The second-order valence-electron chi connectivity index (χ2n) is 2.94. The minimum atomic E-state index is -0.455. The molecule has 4 heteroatoms. The third kappa shape index (κ3) is 2.72. The summed E-state index contributed by atoms with van der Waals surface area (Å²) >= 11 is 5.04. The summed E-state index contributed by atoms with van der Waals surface area (Å²) in [6.07, 6.45) is 0.537. The van der Waals surface area contributed by atoms with E-state index < -0.39 is 5.97 Å². The fourth-order valence-corrected chi connectivity index (χ4v) is 1.43. The smallest absolute Gasteiger partial charge is 0.332 e. The van der Waals surface area contributed by atoms with Crippen molar-refractivity contribution in [1.82, 2.24) is 0 Å². The van der Waals surface area contributed by atoms with Gasteiger partial charge in [-0.05, 0) is 18.5 Å². The molecule has 3 nitrogen and oxygen atoms in total. The average molecular weight is 214 g/mol. The summed E-state index contributed by atoms with van der Waals surface area (Å²) in [7, 11) is 0. The van der Waals surface area contributed by atoms with Crippen molar-refractivity contribution in [2.24, 2.45) is 5.73 Å². The molecule has 0 saturated heterocycles. The molecule has 0 amide bonds. The standard InChI is InChI=1S/C10H12ClNO2/c11-14-10(13)9(6-7-12)8-4-2-1-3-5-8/h1-5,9H,6-7,12H2. The minimum Gasteiger partial charge on any atom is -0.347 e. The van der Waals surface area contributed by atoms with Crippen molar-refractivity contribution in [2.45, 2.75) is 12.3 Å². The van der Waals surface area contributed by atoms with Crippen molar-refractivity contribution in [3.05, 3.63) is 35.9 Å². The van der Waals surface area contributed by atoms with Crippen LogP contribution in [0, 0.1) is 0 Å². The molecule has 0 aliphatic heterocycles. The lowest BCUT2D eigenvalue weighted by Gasteiger charge is -2.11. The van der Waals surface area contributed by atoms with E-state index in [0.29, 0.717) is 13.0 Å². The molecule has 0 spiro atoms. The van der Waals surface area contributed by atoms with Crippen molar-refractivity contribution < 1.29 is 9.08 Å². The van der Waals surface area contributed by atoms with Crippen LogP contribution < -0.4 is 5.73 Å². The molecule has 0 aliphatic rings. The monoisotopic (exact) mass is 213 g/mol. The second-order valence-corrected chi connectivity index (χ2v) is 3.09. The summed E-state index contributed by atoms with van der Waals surface area (Å²) in [5.74, 6) is -0.818. The first-order valence-corrected chi connectivity index (χ1v) is 4.68. The van der Waals surface area contributed by atoms with Crippen LogP contribution in [0.3, 0.4) is 0 Å². The van der Waals surface area contributed by atoms with Gasteiger partial charge in [0.15, 0.2) is 0 Å². The van der Waals surface area contributed by atoms with Gasteiger partial charge in [0.05, 0.1) is 5.92 Å². The van der Waals surface area contributed by atoms with E-state index in [-0.39, 0.29) is 5.92 Å². The lowest BCUT2D eigenvalue weighted by atomic mass is 9.96. The molecule has 0 saturated carbocycles. The first-order chi connectivity index (χ1) is 6.79. The first-order valence-electron chi connectivity index (χ1n) is 4.37. The molecule has 1 rings (SSSR count). The van der Waals surface area contributed by atoms with E-state index in [1.807, 2.05) is 30.3 Å². The Morgan fingerprint density at radius 2 is 2.07 bits per heavy atom. The molecule has 1 unspecified atom stereocenters. The second kappa shape index (κ2) is 5.62. The van der Waals surface area contributed by atoms with Gasteiger partial charge in [-0.1, -0.05) is 30.3 Å². The number of benzene rings is 1. The van der Waals surface area contributed by atoms with Crippen molar-refractivity contribution >= 4 is 17.8 Å². The topological polar surface area (TPSA) is 52.3 Å². The van der Waals surface area contributed by atoms with Crippen LogP contribution in [-0.2, 0) is 9.08 Å². The minimum absolute atomic E-state index is 0.362. The molecule has 1 aromatic carbocycles. The average Bonchev–Trinajstić information content (AvgIpc) is 2.26. The van der Waals surface area contributed by atoms with Gasteiger partial charge in [-0.15, -0.1) is 0 Å². The molecular weight excluding hydrogens is 202 g/mol. The third-order valence-electron chi connectivity index (χ3n) is 2.02. The Hall–Kier alpha value is -1.06. The van der Waals surface area contributed by atoms with Gasteiger partial charge in [-0.3, -0.25) is 0 Å². The predicted molar refractivity (Wildman–Crippen MR) is 54.8 cm³/mol. The molecule has 2 N–H and O–H groups in total. The quantitative estimate of drug-likeness (QED) is 0.830. The molecule has 1 atom stereocenters. The van der Waals surface area contributed by atoms with Crippen LogP contribution in [0.1, 0.15) is 17.9 Å². The summed E-state index contributed by atoms with van der Waals surface area (Å²) in [4.78, 5) is 11.3. The molecule has 76 valence electrons. The summed E-state index contributed by atoms with van der Waals surface area (Å²) < 4.78 is 4.20. The lowest BCUT2D eigenvalue weighted by Crippen LogP contribution is -2.16. The number of hydrogen-bond donors (Lipinski definition) is 1. The highest BCUT2D eigenvalue weighted by Gasteiger charge is 2.20. The molecule has 0 heterocycles. The van der Waals surface area contributed by atoms with Gasteiger partial charge in [-0.25, -0.2) is 4.79 Å². The van der Waals surface area contributed by atoms with Crippen LogP contribution in [0.15, 0.2) is 30.3 Å². The zero-order valence-corrected chi connectivity index (χ0v) is 8.41. The van der Waals surface area contributed by atoms with Gasteiger partial charge in [0.1, 0.15) is 11.9 Å². The summed E-state index contributed by atoms with van der Waals surface area (Å²) in [6.45, 7) is 0.422. The predicted octanol–water partition coefficient (Wildman–Crippen LogP) is 1.82. The highest BCUT2D eigenvalue weighted by atomic mass is 35.5. The number of carbonyl (C=O) groups excluding carboxylic acids is 1. The van der Waals surface area contributed by atoms with Gasteiger partial charge in [0.2, 0.25) is 0 Å². The molecule has 0 aliphatic carbocycles. The molecule has 0 fully saturated rings. The number of nitrogens with two attached hydrogens (primary N) is 1. The van der Waals surface area contributed by atoms with Crippen molar-refractivity contribution in [2.75, 3.05) is 6.54 Å². The van der Waals surface area contributed by atoms with E-state index in [0.717, 1.165) is 5.56 Å². The van der Waals surface area contributed by atoms with Gasteiger partial charge in [-0.2, -0.15) is 0 Å². The summed E-state index contributed by atoms with van der Waals surface area (Å²) in [5, 5.41) is 0. The van der Waals surface area contributed by atoms with E-state index in [9.17, 15) is 4.79 Å². The molecule has 1 aromatic rings. The Labute approximate surface area is 88.0 Å². The van der Waals surface area contributed by atoms with E-state index in [1.165, 1.54) is 0 Å². The normalized spacial score (nSPS) is 12.1. The summed E-state index contributed by atoms with van der Waals surface area (Å²) in [5.41, 5.74) is 6.29. The number of hydrogen-bond acceptors (Lipinski definition) is 3. The molecule has 0 radical (unpaired) electrons. The zero-order chi connectivity index (χ0) is 10.4. The maximum Gasteiger partial charge on any atom is 0.332 e. The fourth-order valence-electron chi connectivity index (χ4n) is 1.33. The number of rotatable bonds is 4. The van der Waals surface area contributed by atoms with E-state index in [2.05, 4.69) is 4.29 Å². The van der Waals surface area contributed by atoms with Gasteiger partial charge < -0.3 is 10.0 Å². The van der Waals surface area contributed by atoms with Crippen LogP contribution in [0.25, 0.3) is 0 Å². The van der Waals surface area contributed by atoms with Gasteiger partial charge in [0, 0.05) is 0 Å². The molecule has 14 heavy (non-hydrogen) atoms. The lowest BCUT2D eigenvalue weighted by molar-refractivity contribution is -0.135. The van der Waals surface area contributed by atoms with Gasteiger partial charge >= 0.3 is 5.97 Å². The highest BCUT2D eigenvalue weighted by molar-refractivity contribution is 6.13. The SMILES string of the molecule is NCCC(C(=O)OCl)c1ccccc1. The number of halogens is 1. The van der Waals surface area contributed by atoms with Crippen LogP contribution in [0.4, 0.5) is 0 Å². The third-order valence-corrected chi connectivity index (χ3v) is 2.17. The maximum absolute atomic E-state index is 11.3. The highest BCUT2D eigenvalue weighted by Crippen LogP contribution is 2.20. The van der Waals surface area contributed by atoms with Crippen LogP contribution in [-0.4, -0.2) is 12.5 Å². The number of carbonyl (C=O) groups is 1. The molecular formula is C10H12ClNO2. The van der Waals surface area contributed by atoms with E-state index >= 15 is 0 Å². The first kappa shape index (κ1) is 11.0. The zero-order valence-electron chi connectivity index (χ0n) is 7.65. The molecule has 0 aromatic heterocycles. The van der Waals surface area contributed by atoms with Crippen molar-refractivity contribution in [1.29, 1.82) is 0 Å². The maximum atomic E-state index is 11.3. The van der Waals surface area contributed by atoms with Crippen LogP contribution in [0.5, 0.6) is 0 Å². The Bertz CT molecular complexity index is 289. The Kier molecular flexibility index (Phi) is 4.43. The van der Waals surface area contributed by atoms with Crippen LogP contribution >= 0.6 is 11.9 Å². The van der Waals surface area contributed by atoms with Crippen molar-refractivity contribution in [3.63, 3.8) is 0 Å². The Morgan fingerprint density at radius 1 is 1.43 bits per heavy atom.